The second-order valence-electron chi connectivity index (χ2n) is 6.40. The molecule has 0 bridgehead atoms. The van der Waals surface area contributed by atoms with Crippen molar-refractivity contribution in [1.29, 1.82) is 0 Å². The molecule has 0 unspecified atom stereocenters. The third kappa shape index (κ3) is 4.20. The van der Waals surface area contributed by atoms with Gasteiger partial charge in [0.2, 0.25) is 11.7 Å². The van der Waals surface area contributed by atoms with Crippen LogP contribution < -0.4 is 0 Å². The lowest BCUT2D eigenvalue weighted by Crippen LogP contribution is -2.05. The van der Waals surface area contributed by atoms with E-state index in [2.05, 4.69) is 25.2 Å². The maximum Gasteiger partial charge on any atom is 0.416 e. The van der Waals surface area contributed by atoms with Crippen molar-refractivity contribution in [3.05, 3.63) is 65.6 Å². The quantitative estimate of drug-likeness (QED) is 0.425. The fraction of sp³-hybridized carbons (Fsp3) is 0.211. The Morgan fingerprint density at radius 2 is 1.90 bits per heavy atom. The topological polar surface area (TPSA) is 82.5 Å². The number of hydrogen-bond donors (Lipinski definition) is 0. The third-order valence-electron chi connectivity index (χ3n) is 4.11. The van der Waals surface area contributed by atoms with E-state index >= 15 is 0 Å². The van der Waals surface area contributed by atoms with Gasteiger partial charge >= 0.3 is 6.18 Å². The van der Waals surface area contributed by atoms with Crippen LogP contribution in [0.25, 0.3) is 17.2 Å². The number of benzene rings is 1. The summed E-state index contributed by atoms with van der Waals surface area (Å²) >= 11 is 1.32. The maximum absolute atomic E-state index is 12.9. The van der Waals surface area contributed by atoms with Crippen molar-refractivity contribution in [3.63, 3.8) is 0 Å². The van der Waals surface area contributed by atoms with E-state index in [0.717, 1.165) is 23.5 Å². The van der Waals surface area contributed by atoms with E-state index < -0.39 is 11.7 Å². The first-order valence-electron chi connectivity index (χ1n) is 8.79. The van der Waals surface area contributed by atoms with Gasteiger partial charge in [-0.05, 0) is 32.0 Å². The lowest BCUT2D eigenvalue weighted by Gasteiger charge is -2.07. The molecular weight excluding hydrogens is 417 g/mol. The van der Waals surface area contributed by atoms with E-state index in [1.807, 2.05) is 19.9 Å². The average molecular weight is 432 g/mol. The Morgan fingerprint density at radius 1 is 1.10 bits per heavy atom. The van der Waals surface area contributed by atoms with Crippen LogP contribution in [0.3, 0.4) is 0 Å². The van der Waals surface area contributed by atoms with E-state index in [-0.39, 0.29) is 23.0 Å². The lowest BCUT2D eigenvalue weighted by molar-refractivity contribution is -0.137. The van der Waals surface area contributed by atoms with Gasteiger partial charge in [0.05, 0.1) is 17.0 Å². The largest absolute Gasteiger partial charge is 0.416 e. The first kappa shape index (κ1) is 20.1. The molecule has 154 valence electrons. The van der Waals surface area contributed by atoms with Gasteiger partial charge in [-0.25, -0.2) is 14.6 Å². The van der Waals surface area contributed by atoms with E-state index in [9.17, 15) is 13.2 Å². The fourth-order valence-corrected chi connectivity index (χ4v) is 3.58. The van der Waals surface area contributed by atoms with Crippen molar-refractivity contribution in [3.8, 4) is 17.2 Å². The molecule has 4 rings (SSSR count). The number of hydrogen-bond acceptors (Lipinski definition) is 7. The molecule has 30 heavy (non-hydrogen) atoms. The third-order valence-corrected chi connectivity index (χ3v) is 5.06. The van der Waals surface area contributed by atoms with Crippen molar-refractivity contribution in [2.75, 3.05) is 0 Å². The molecule has 3 aromatic heterocycles. The molecule has 3 heterocycles. The highest BCUT2D eigenvalue weighted by molar-refractivity contribution is 7.98. The highest BCUT2D eigenvalue weighted by Gasteiger charge is 2.30. The van der Waals surface area contributed by atoms with E-state index in [0.29, 0.717) is 10.8 Å². The average Bonchev–Trinajstić information content (AvgIpc) is 3.32. The Bertz CT molecular complexity index is 1190. The standard InChI is InChI=1S/C19H15F3N6OS/c1-11-8-12(2)28(26-11)17-18(24-7-6-23-17)30-10-15-25-16(27-29-15)13-4-3-5-14(9-13)19(20,21)22/h3-9H,10H2,1-2H3. The Morgan fingerprint density at radius 3 is 2.63 bits per heavy atom. The fourth-order valence-electron chi connectivity index (χ4n) is 2.80. The molecule has 0 aliphatic carbocycles. The SMILES string of the molecule is Cc1cc(C)n(-c2nccnc2SCc2nc(-c3cccc(C(F)(F)F)c3)no2)n1. The summed E-state index contributed by atoms with van der Waals surface area (Å²) in [5.74, 6) is 1.20. The normalized spacial score (nSPS) is 11.8. The van der Waals surface area contributed by atoms with Crippen molar-refractivity contribution in [1.82, 2.24) is 29.9 Å². The molecule has 1 aromatic carbocycles. The number of rotatable bonds is 5. The van der Waals surface area contributed by atoms with Gasteiger partial charge in [-0.2, -0.15) is 23.3 Å². The van der Waals surface area contributed by atoms with Crippen LogP contribution in [-0.2, 0) is 11.9 Å². The summed E-state index contributed by atoms with van der Waals surface area (Å²) < 4.78 is 45.7. The van der Waals surface area contributed by atoms with Gasteiger partial charge in [0.25, 0.3) is 0 Å². The lowest BCUT2D eigenvalue weighted by atomic mass is 10.1. The van der Waals surface area contributed by atoms with E-state index in [4.69, 9.17) is 4.52 Å². The van der Waals surface area contributed by atoms with Gasteiger partial charge in [-0.15, -0.1) is 0 Å². The van der Waals surface area contributed by atoms with E-state index in [1.54, 1.807) is 17.1 Å². The van der Waals surface area contributed by atoms with Crippen LogP contribution in [0.4, 0.5) is 13.2 Å². The van der Waals surface area contributed by atoms with Crippen LogP contribution in [0, 0.1) is 13.8 Å². The predicted octanol–water partition coefficient (Wildman–Crippen LogP) is 4.64. The number of alkyl halides is 3. The first-order chi connectivity index (χ1) is 14.3. The predicted molar refractivity (Wildman–Crippen MR) is 103 cm³/mol. The van der Waals surface area contributed by atoms with E-state index in [1.165, 1.54) is 23.9 Å². The number of aromatic nitrogens is 6. The van der Waals surface area contributed by atoms with Crippen molar-refractivity contribution in [2.24, 2.45) is 0 Å². The van der Waals surface area contributed by atoms with Crippen LogP contribution in [0.2, 0.25) is 0 Å². The molecular formula is C19H15F3N6OS. The van der Waals surface area contributed by atoms with Crippen LogP contribution in [0.15, 0.2) is 52.3 Å². The molecule has 0 spiro atoms. The van der Waals surface area contributed by atoms with Crippen LogP contribution in [-0.4, -0.2) is 29.9 Å². The molecule has 0 amide bonds. The molecule has 0 radical (unpaired) electrons. The summed E-state index contributed by atoms with van der Waals surface area (Å²) in [4.78, 5) is 12.9. The van der Waals surface area contributed by atoms with Gasteiger partial charge in [-0.1, -0.05) is 29.1 Å². The molecule has 0 atom stereocenters. The molecule has 0 aliphatic rings. The number of nitrogens with zero attached hydrogens (tertiary/aromatic N) is 6. The summed E-state index contributed by atoms with van der Waals surface area (Å²) in [6.45, 7) is 3.81. The van der Waals surface area contributed by atoms with Gasteiger partial charge in [0.15, 0.2) is 5.82 Å². The molecule has 0 fully saturated rings. The molecule has 0 aliphatic heterocycles. The summed E-state index contributed by atoms with van der Waals surface area (Å²) in [7, 11) is 0. The molecule has 0 N–H and O–H groups in total. The minimum Gasteiger partial charge on any atom is -0.338 e. The molecule has 7 nitrogen and oxygen atoms in total. The monoisotopic (exact) mass is 432 g/mol. The smallest absolute Gasteiger partial charge is 0.338 e. The molecule has 0 saturated heterocycles. The minimum absolute atomic E-state index is 0.0922. The second kappa shape index (κ2) is 7.90. The van der Waals surface area contributed by atoms with Gasteiger partial charge in [0.1, 0.15) is 5.03 Å². The van der Waals surface area contributed by atoms with Crippen molar-refractivity contribution >= 4 is 11.8 Å². The Hall–Kier alpha value is -3.21. The Labute approximate surface area is 173 Å². The highest BCUT2D eigenvalue weighted by atomic mass is 32.2. The summed E-state index contributed by atoms with van der Waals surface area (Å²) in [5.41, 5.74) is 1.23. The zero-order chi connectivity index (χ0) is 21.3. The molecule has 0 saturated carbocycles. The Kier molecular flexibility index (Phi) is 5.29. The van der Waals surface area contributed by atoms with Crippen molar-refractivity contribution in [2.45, 2.75) is 30.8 Å². The zero-order valence-corrected chi connectivity index (χ0v) is 16.7. The molecule has 4 aromatic rings. The van der Waals surface area contributed by atoms with Crippen LogP contribution in [0.5, 0.6) is 0 Å². The summed E-state index contributed by atoms with van der Waals surface area (Å²) in [5, 5.41) is 8.84. The summed E-state index contributed by atoms with van der Waals surface area (Å²) in [6.07, 6.45) is -1.29. The summed E-state index contributed by atoms with van der Waals surface area (Å²) in [6, 6.07) is 6.73. The zero-order valence-electron chi connectivity index (χ0n) is 15.9. The minimum atomic E-state index is -4.44. The van der Waals surface area contributed by atoms with Gasteiger partial charge in [-0.3, -0.25) is 0 Å². The van der Waals surface area contributed by atoms with Gasteiger partial charge in [0, 0.05) is 23.7 Å². The van der Waals surface area contributed by atoms with Crippen LogP contribution >= 0.6 is 11.8 Å². The first-order valence-corrected chi connectivity index (χ1v) is 9.77. The second-order valence-corrected chi connectivity index (χ2v) is 7.37. The number of aryl methyl sites for hydroxylation is 2. The highest BCUT2D eigenvalue weighted by Crippen LogP contribution is 2.32. The number of halogens is 3. The van der Waals surface area contributed by atoms with Crippen LogP contribution in [0.1, 0.15) is 22.8 Å². The number of thioether (sulfide) groups is 1. The Balaban J connectivity index is 1.53. The molecule has 11 heteroatoms. The maximum atomic E-state index is 12.9. The van der Waals surface area contributed by atoms with Crippen molar-refractivity contribution < 1.29 is 17.7 Å². The van der Waals surface area contributed by atoms with Gasteiger partial charge < -0.3 is 4.52 Å².